The lowest BCUT2D eigenvalue weighted by molar-refractivity contribution is -0.193. The number of ether oxygens (including phenoxy) is 1. The third kappa shape index (κ3) is 21.4. The Balaban J connectivity index is 0.000000431. The zero-order valence-electron chi connectivity index (χ0n) is 32.2. The summed E-state index contributed by atoms with van der Waals surface area (Å²) in [6, 6.07) is 2.64. The molecule has 0 aliphatic carbocycles. The summed E-state index contributed by atoms with van der Waals surface area (Å²) < 4.78 is 32.2. The van der Waals surface area contributed by atoms with Crippen LogP contribution < -0.4 is 30.5 Å². The summed E-state index contributed by atoms with van der Waals surface area (Å²) in [7, 11) is -2.41. The third-order valence-corrected chi connectivity index (χ3v) is 9.38. The fourth-order valence-corrected chi connectivity index (χ4v) is 6.55. The number of nitrogens with one attached hydrogen (secondary N) is 3. The van der Waals surface area contributed by atoms with E-state index in [1.54, 1.807) is 9.36 Å². The minimum absolute atomic E-state index is 0.0550. The highest BCUT2D eigenvalue weighted by Gasteiger charge is 2.16. The lowest BCUT2D eigenvalue weighted by atomic mass is 10.1. The molecule has 0 amide bonds. The van der Waals surface area contributed by atoms with Gasteiger partial charge in [-0.15, -0.1) is 11.8 Å². The Labute approximate surface area is 340 Å². The summed E-state index contributed by atoms with van der Waals surface area (Å²) in [6.45, 7) is 9.87. The Morgan fingerprint density at radius 1 is 1.16 bits per heavy atom. The van der Waals surface area contributed by atoms with Gasteiger partial charge < -0.3 is 34.8 Å². The second kappa shape index (κ2) is 24.8. The van der Waals surface area contributed by atoms with Crippen LogP contribution in [0.1, 0.15) is 40.5 Å². The number of fused-ring (bicyclic) bond motifs is 1. The lowest BCUT2D eigenvalue weighted by Gasteiger charge is -2.20. The number of benzene rings is 1. The van der Waals surface area contributed by atoms with E-state index < -0.39 is 38.2 Å². The average Bonchev–Trinajstić information content (AvgIpc) is 3.38. The molecule has 310 valence electrons. The van der Waals surface area contributed by atoms with Crippen molar-refractivity contribution in [1.82, 2.24) is 29.6 Å². The van der Waals surface area contributed by atoms with Crippen LogP contribution in [-0.2, 0) is 42.9 Å². The third-order valence-electron chi connectivity index (χ3n) is 5.89. The smallest absolute Gasteiger partial charge is 0.325 e. The lowest BCUT2D eigenvalue weighted by Crippen LogP contribution is -2.31. The zero-order valence-corrected chi connectivity index (χ0v) is 37.1. The molecule has 0 spiro atoms. The molecular formula is C31H50ClFN9O8PS4. The van der Waals surface area contributed by atoms with Crippen LogP contribution >= 0.6 is 54.1 Å². The number of rotatable bonds is 12. The van der Waals surface area contributed by atoms with Gasteiger partial charge in [0.1, 0.15) is 19.1 Å². The van der Waals surface area contributed by atoms with Gasteiger partial charge in [0, 0.05) is 30.1 Å². The quantitative estimate of drug-likeness (QED) is 0.0755. The fourth-order valence-electron chi connectivity index (χ4n) is 3.81. The van der Waals surface area contributed by atoms with Crippen molar-refractivity contribution >= 4 is 94.5 Å². The van der Waals surface area contributed by atoms with Gasteiger partial charge in [0.2, 0.25) is 16.7 Å². The Bertz CT molecular complexity index is 1870. The molecule has 1 aliphatic rings. The second-order valence-electron chi connectivity index (χ2n) is 12.5. The molecule has 55 heavy (non-hydrogen) atoms. The van der Waals surface area contributed by atoms with Crippen LogP contribution in [0.2, 0.25) is 5.02 Å². The molecule has 0 saturated carbocycles. The number of hydrogen-bond acceptors (Lipinski definition) is 16. The number of carbonyl (C=O) groups is 2. The van der Waals surface area contributed by atoms with Gasteiger partial charge in [-0.25, -0.2) is 14.1 Å². The van der Waals surface area contributed by atoms with Crippen molar-refractivity contribution < 1.29 is 38.2 Å². The molecule has 0 fully saturated rings. The molecule has 2 aromatic heterocycles. The zero-order chi connectivity index (χ0) is 41.9. The van der Waals surface area contributed by atoms with Crippen LogP contribution in [0.5, 0.6) is 0 Å². The molecule has 24 heteroatoms. The maximum Gasteiger partial charge on any atom is 0.325 e. The normalized spacial score (nSPS) is 13.5. The SMILES string of the molecule is CCNc1nc(NC(C)(C)C)nc(SC)n1.COC(=O)CSc1cc(N=c2sc(=O)n3n2CCCC3)c(F)cc1Cl.C[S+](C)C.O=C(O)CNCP(=O)([O-])O. The minimum Gasteiger partial charge on any atom is -0.778 e. The first kappa shape index (κ1) is 50.3. The molecule has 0 bridgehead atoms. The Hall–Kier alpha value is -2.69. The van der Waals surface area contributed by atoms with E-state index in [-0.39, 0.29) is 26.9 Å². The molecule has 0 radical (unpaired) electrons. The standard InChI is InChI=1S/C15H15ClFN3O3S2.C10H19N5S.C3H8NO5P.C3H9S/c1-23-13(21)8-24-12-7-11(10(17)6-9(12)16)18-14-19-4-2-3-5-20(19)15(22)25-14;1-6-11-7-12-8(15-10(2,3)4)14-9(13-7)16-5;5-3(6)1-4-2-10(7,8)9;1-4(2)3/h6-7H,2-5,8H2,1H3;6H2,1-5H3,(H2,11,12,13,14,15);4H,1-2H2,(H,5,6)(H2,7,8,9);1-3H3/q;;;+1/p-1. The average molecular weight is 890 g/mol. The summed E-state index contributed by atoms with van der Waals surface area (Å²) in [6.07, 6.45) is 9.72. The molecule has 1 unspecified atom stereocenters. The van der Waals surface area contributed by atoms with Crippen LogP contribution in [0, 0.1) is 5.82 Å². The highest BCUT2D eigenvalue weighted by molar-refractivity contribution is 8.00. The number of esters is 1. The van der Waals surface area contributed by atoms with Crippen molar-refractivity contribution in [1.29, 1.82) is 0 Å². The van der Waals surface area contributed by atoms with Gasteiger partial charge in [0.25, 0.3) is 0 Å². The fraction of sp³-hybridized carbons (Fsp3) is 0.581. The van der Waals surface area contributed by atoms with Gasteiger partial charge >= 0.3 is 16.8 Å². The van der Waals surface area contributed by atoms with E-state index in [1.807, 2.05) is 18.5 Å². The van der Waals surface area contributed by atoms with Crippen molar-refractivity contribution in [3.05, 3.63) is 37.4 Å². The van der Waals surface area contributed by atoms with Crippen LogP contribution in [0.15, 0.2) is 32.0 Å². The Morgan fingerprint density at radius 3 is 2.29 bits per heavy atom. The van der Waals surface area contributed by atoms with Crippen LogP contribution in [-0.4, -0.2) is 109 Å². The molecule has 4 rings (SSSR count). The van der Waals surface area contributed by atoms with Gasteiger partial charge in [-0.1, -0.05) is 23.4 Å². The molecule has 3 heterocycles. The maximum absolute atomic E-state index is 14.3. The van der Waals surface area contributed by atoms with E-state index in [0.29, 0.717) is 45.6 Å². The van der Waals surface area contributed by atoms with E-state index in [2.05, 4.69) is 74.9 Å². The maximum atomic E-state index is 14.3. The van der Waals surface area contributed by atoms with Gasteiger partial charge in [-0.05, 0) is 81.2 Å². The first-order valence-electron chi connectivity index (χ1n) is 16.4. The number of carboxylic acids is 1. The molecule has 0 saturated heterocycles. The molecule has 3 aromatic rings. The second-order valence-corrected chi connectivity index (χ2v) is 19.7. The number of aliphatic carboxylic acids is 1. The number of carboxylic acid groups (broad SMARTS) is 1. The van der Waals surface area contributed by atoms with Crippen LogP contribution in [0.4, 0.5) is 22.0 Å². The molecule has 1 atom stereocenters. The molecule has 5 N–H and O–H groups in total. The van der Waals surface area contributed by atoms with Crippen molar-refractivity contribution in [2.75, 3.05) is 67.9 Å². The predicted molar refractivity (Wildman–Crippen MR) is 220 cm³/mol. The van der Waals surface area contributed by atoms with Crippen molar-refractivity contribution in [3.63, 3.8) is 0 Å². The minimum atomic E-state index is -4.35. The summed E-state index contributed by atoms with van der Waals surface area (Å²) in [4.78, 5) is 69.1. The van der Waals surface area contributed by atoms with E-state index in [4.69, 9.17) is 21.6 Å². The number of nitrogens with zero attached hydrogens (tertiary/aromatic N) is 6. The summed E-state index contributed by atoms with van der Waals surface area (Å²) in [5.41, 5.74) is 0.0278. The number of aromatic nitrogens is 5. The summed E-state index contributed by atoms with van der Waals surface area (Å²) >= 11 is 9.68. The molecular weight excluding hydrogens is 840 g/mol. The Kier molecular flexibility index (Phi) is 22.7. The predicted octanol–water partition coefficient (Wildman–Crippen LogP) is 3.69. The number of methoxy groups -OCH3 is 1. The van der Waals surface area contributed by atoms with Gasteiger partial charge in [0.05, 0.1) is 49.5 Å². The first-order chi connectivity index (χ1) is 25.6. The number of halogens is 2. The van der Waals surface area contributed by atoms with Gasteiger partial charge in [0.15, 0.2) is 5.16 Å². The van der Waals surface area contributed by atoms with Crippen molar-refractivity contribution in [3.8, 4) is 0 Å². The number of anilines is 2. The largest absolute Gasteiger partial charge is 0.778 e. The number of hydrogen-bond donors (Lipinski definition) is 5. The summed E-state index contributed by atoms with van der Waals surface area (Å²) in [5.74, 6) is -0.863. The van der Waals surface area contributed by atoms with E-state index in [1.165, 1.54) is 24.9 Å². The highest BCUT2D eigenvalue weighted by Crippen LogP contribution is 2.33. The molecule has 1 aliphatic heterocycles. The monoisotopic (exact) mass is 889 g/mol. The molecule has 17 nitrogen and oxygen atoms in total. The van der Waals surface area contributed by atoms with Crippen LogP contribution in [0.25, 0.3) is 0 Å². The van der Waals surface area contributed by atoms with E-state index in [0.717, 1.165) is 53.7 Å². The topological polar surface area (TPSA) is 238 Å². The van der Waals surface area contributed by atoms with Crippen molar-refractivity contribution in [2.24, 2.45) is 4.99 Å². The highest BCUT2D eigenvalue weighted by atomic mass is 35.5. The Morgan fingerprint density at radius 2 is 1.76 bits per heavy atom. The molecule has 1 aromatic carbocycles. The van der Waals surface area contributed by atoms with E-state index >= 15 is 0 Å². The van der Waals surface area contributed by atoms with Gasteiger partial charge in [-0.3, -0.25) is 24.4 Å². The summed E-state index contributed by atoms with van der Waals surface area (Å²) in [5, 5.41) is 17.2. The number of thioether (sulfide) groups is 2. The van der Waals surface area contributed by atoms with Crippen LogP contribution in [0.3, 0.4) is 0 Å². The van der Waals surface area contributed by atoms with Gasteiger partial charge in [-0.2, -0.15) is 15.0 Å². The van der Waals surface area contributed by atoms with Crippen molar-refractivity contribution in [2.45, 2.75) is 69.2 Å². The number of carbonyl (C=O) groups excluding carboxylic acids is 1. The first-order valence-corrected chi connectivity index (χ1v) is 24.0. The van der Waals surface area contributed by atoms with E-state index in [9.17, 15) is 28.2 Å².